The predicted octanol–water partition coefficient (Wildman–Crippen LogP) is 14.0. The molecule has 0 fully saturated rings. The number of hydrogen-bond donors (Lipinski definition) is 0. The molecule has 0 saturated carbocycles. The molecule has 0 spiro atoms. The van der Waals surface area contributed by atoms with Crippen LogP contribution in [0.4, 0.5) is 11.4 Å². The van der Waals surface area contributed by atoms with Crippen molar-refractivity contribution >= 4 is 55.0 Å². The molecule has 0 amide bonds. The van der Waals surface area contributed by atoms with Crippen LogP contribution in [0.3, 0.4) is 0 Å². The van der Waals surface area contributed by atoms with E-state index in [4.69, 9.17) is 13.1 Å². The van der Waals surface area contributed by atoms with E-state index in [0.717, 1.165) is 93.9 Å². The minimum absolute atomic E-state index is 0.469. The van der Waals surface area contributed by atoms with Gasteiger partial charge in [0.2, 0.25) is 0 Å². The quantitative estimate of drug-likeness (QED) is 0.164. The SMILES string of the molecule is [C-]#[N+]c1cccc(-c2ccc3c(c2)c2ccccc2n3-c2cc(-c3cc(C)cc(C#N)c3)c([N+]#[C-])cc2-n2c3ccccc3c3cc(-c4cccc(C#N)c4)ccc32)c1. The summed E-state index contributed by atoms with van der Waals surface area (Å²) < 4.78 is 4.55. The Morgan fingerprint density at radius 3 is 1.59 bits per heavy atom. The van der Waals surface area contributed by atoms with Gasteiger partial charge in [-0.05, 0) is 125 Å². The molecule has 6 heteroatoms. The first-order chi connectivity index (χ1) is 29.0. The highest BCUT2D eigenvalue weighted by atomic mass is 15.1. The lowest BCUT2D eigenvalue weighted by atomic mass is 9.97. The fourth-order valence-corrected chi connectivity index (χ4v) is 8.60. The Bertz CT molecular complexity index is 3570. The summed E-state index contributed by atoms with van der Waals surface area (Å²) in [5.74, 6) is 0. The van der Waals surface area contributed by atoms with Crippen molar-refractivity contribution in [2.45, 2.75) is 6.92 Å². The molecule has 0 unspecified atom stereocenters. The Labute approximate surface area is 340 Å². The number of rotatable bonds is 5. The minimum Gasteiger partial charge on any atom is -0.308 e. The molecule has 59 heavy (non-hydrogen) atoms. The average molecular weight is 751 g/mol. The lowest BCUT2D eigenvalue weighted by Crippen LogP contribution is -2.04. The van der Waals surface area contributed by atoms with E-state index in [2.05, 4.69) is 110 Å². The van der Waals surface area contributed by atoms with Crippen LogP contribution in [0.15, 0.2) is 164 Å². The number of hydrogen-bond acceptors (Lipinski definition) is 2. The van der Waals surface area contributed by atoms with Gasteiger partial charge in [-0.15, -0.1) is 0 Å². The molecule has 10 rings (SSSR count). The summed E-state index contributed by atoms with van der Waals surface area (Å²) in [6.45, 7) is 18.1. The predicted molar refractivity (Wildman–Crippen MR) is 238 cm³/mol. The Morgan fingerprint density at radius 1 is 0.441 bits per heavy atom. The zero-order valence-corrected chi connectivity index (χ0v) is 31.8. The molecule has 6 nitrogen and oxygen atoms in total. The van der Waals surface area contributed by atoms with Crippen molar-refractivity contribution in [3.05, 3.63) is 203 Å². The van der Waals surface area contributed by atoms with Gasteiger partial charge >= 0.3 is 0 Å². The van der Waals surface area contributed by atoms with Gasteiger partial charge in [0.1, 0.15) is 0 Å². The molecule has 272 valence electrons. The van der Waals surface area contributed by atoms with E-state index in [-0.39, 0.29) is 0 Å². The third-order valence-corrected chi connectivity index (χ3v) is 11.2. The highest BCUT2D eigenvalue weighted by molar-refractivity contribution is 6.13. The second-order valence-corrected chi connectivity index (χ2v) is 14.7. The van der Waals surface area contributed by atoms with Gasteiger partial charge in [0.05, 0.1) is 69.9 Å². The largest absolute Gasteiger partial charge is 0.308 e. The van der Waals surface area contributed by atoms with Gasteiger partial charge in [-0.25, -0.2) is 9.69 Å². The molecule has 0 bridgehead atoms. The van der Waals surface area contributed by atoms with Crippen molar-refractivity contribution in [1.29, 1.82) is 10.5 Å². The van der Waals surface area contributed by atoms with Crippen LogP contribution in [0, 0.1) is 42.7 Å². The standard InChI is InChI=1S/C53H30N6/c1-33-22-35(32-55)25-40(23-33)44-29-52(58-48-16-6-4-14-42(48)46-28-39(19-21-50(46)58)37-12-9-13-41(26-37)56-2)53(30-47(44)57-3)59-49-17-7-5-15-43(49)45-27-38(18-20-51(45)59)36-11-8-10-34(24-36)31-54/h4-30H,1H3. The number of nitrogens with zero attached hydrogens (tertiary/aromatic N) is 6. The lowest BCUT2D eigenvalue weighted by molar-refractivity contribution is 1.10. The summed E-state index contributed by atoms with van der Waals surface area (Å²) in [6.07, 6.45) is 0. The van der Waals surface area contributed by atoms with Crippen molar-refractivity contribution in [3.8, 4) is 56.9 Å². The number of nitriles is 2. The van der Waals surface area contributed by atoms with Gasteiger partial charge < -0.3 is 9.13 Å². The summed E-state index contributed by atoms with van der Waals surface area (Å²) >= 11 is 0. The Hall–Kier alpha value is -8.68. The zero-order valence-electron chi connectivity index (χ0n) is 31.8. The molecule has 0 N–H and O–H groups in total. The third-order valence-electron chi connectivity index (χ3n) is 11.2. The van der Waals surface area contributed by atoms with E-state index in [0.29, 0.717) is 22.5 Å². The number of aryl methyl sites for hydroxylation is 1. The Kier molecular flexibility index (Phi) is 8.14. The van der Waals surface area contributed by atoms with E-state index in [1.807, 2.05) is 91.9 Å². The summed E-state index contributed by atoms with van der Waals surface area (Å²) in [6, 6.07) is 59.4. The van der Waals surface area contributed by atoms with Crippen LogP contribution in [0.1, 0.15) is 16.7 Å². The number of fused-ring (bicyclic) bond motifs is 6. The van der Waals surface area contributed by atoms with Gasteiger partial charge in [-0.1, -0.05) is 84.9 Å². The van der Waals surface area contributed by atoms with E-state index in [9.17, 15) is 10.5 Å². The molecule has 0 aliphatic heterocycles. The van der Waals surface area contributed by atoms with Crippen molar-refractivity contribution in [2.24, 2.45) is 0 Å². The molecule has 0 saturated heterocycles. The Balaban J connectivity index is 1.31. The van der Waals surface area contributed by atoms with Gasteiger partial charge in [-0.2, -0.15) is 10.5 Å². The van der Waals surface area contributed by atoms with Crippen LogP contribution in [-0.2, 0) is 0 Å². The second-order valence-electron chi connectivity index (χ2n) is 14.7. The number of para-hydroxylation sites is 2. The fraction of sp³-hybridized carbons (Fsp3) is 0.0189. The molecule has 0 radical (unpaired) electrons. The van der Waals surface area contributed by atoms with Gasteiger partial charge in [0, 0.05) is 21.5 Å². The van der Waals surface area contributed by atoms with Gasteiger partial charge in [0.25, 0.3) is 0 Å². The maximum Gasteiger partial charge on any atom is 0.197 e. The Morgan fingerprint density at radius 2 is 0.983 bits per heavy atom. The molecule has 2 aromatic heterocycles. The maximum atomic E-state index is 9.98. The van der Waals surface area contributed by atoms with Crippen LogP contribution >= 0.6 is 0 Å². The molecule has 0 aliphatic carbocycles. The van der Waals surface area contributed by atoms with Crippen molar-refractivity contribution < 1.29 is 0 Å². The highest BCUT2D eigenvalue weighted by Crippen LogP contribution is 2.44. The molecule has 8 aromatic carbocycles. The topological polar surface area (TPSA) is 66.2 Å². The first kappa shape index (κ1) is 34.8. The summed E-state index contributed by atoms with van der Waals surface area (Å²) in [4.78, 5) is 7.81. The van der Waals surface area contributed by atoms with E-state index in [1.54, 1.807) is 0 Å². The smallest absolute Gasteiger partial charge is 0.197 e. The molecular formula is C53H30N6. The molecule has 0 atom stereocenters. The van der Waals surface area contributed by atoms with Gasteiger partial charge in [-0.3, -0.25) is 0 Å². The van der Waals surface area contributed by atoms with E-state index < -0.39 is 0 Å². The molecule has 0 aliphatic rings. The monoisotopic (exact) mass is 750 g/mol. The average Bonchev–Trinajstić information content (AvgIpc) is 3.80. The van der Waals surface area contributed by atoms with E-state index >= 15 is 0 Å². The minimum atomic E-state index is 0.469. The van der Waals surface area contributed by atoms with Crippen LogP contribution in [0.25, 0.3) is 98.1 Å². The number of benzene rings is 8. The second kappa shape index (κ2) is 13.8. The lowest BCUT2D eigenvalue weighted by Gasteiger charge is -2.20. The van der Waals surface area contributed by atoms with Crippen LogP contribution < -0.4 is 0 Å². The first-order valence-electron chi connectivity index (χ1n) is 19.1. The highest BCUT2D eigenvalue weighted by Gasteiger charge is 2.23. The normalized spacial score (nSPS) is 11.1. The maximum absolute atomic E-state index is 9.98. The number of aromatic nitrogens is 2. The van der Waals surface area contributed by atoms with E-state index in [1.165, 1.54) is 0 Å². The first-order valence-corrected chi connectivity index (χ1v) is 19.1. The van der Waals surface area contributed by atoms with Crippen molar-refractivity contribution in [1.82, 2.24) is 9.13 Å². The summed E-state index contributed by atoms with van der Waals surface area (Å²) in [5, 5.41) is 23.9. The fourth-order valence-electron chi connectivity index (χ4n) is 8.60. The van der Waals surface area contributed by atoms with Crippen molar-refractivity contribution in [3.63, 3.8) is 0 Å². The summed E-state index contributed by atoms with van der Waals surface area (Å²) in [7, 11) is 0. The van der Waals surface area contributed by atoms with Crippen LogP contribution in [0.5, 0.6) is 0 Å². The van der Waals surface area contributed by atoms with Crippen molar-refractivity contribution in [2.75, 3.05) is 0 Å². The molecule has 10 aromatic rings. The van der Waals surface area contributed by atoms with Crippen LogP contribution in [0.2, 0.25) is 0 Å². The zero-order chi connectivity index (χ0) is 40.2. The van der Waals surface area contributed by atoms with Gasteiger partial charge in [0.15, 0.2) is 11.4 Å². The molecular weight excluding hydrogens is 721 g/mol. The molecule has 2 heterocycles. The third kappa shape index (κ3) is 5.69. The summed E-state index contributed by atoms with van der Waals surface area (Å²) in [5.41, 5.74) is 14.3. The van der Waals surface area contributed by atoms with Crippen LogP contribution in [-0.4, -0.2) is 9.13 Å².